The van der Waals surface area contributed by atoms with Gasteiger partial charge >= 0.3 is 5.97 Å². The number of carboxylic acids is 1. The number of aliphatic hydroxyl groups excluding tert-OH is 1. The van der Waals surface area contributed by atoms with Crippen molar-refractivity contribution in [2.45, 2.75) is 17.7 Å². The minimum Gasteiger partial charge on any atom is -0.478 e. The Morgan fingerprint density at radius 1 is 1.26 bits per heavy atom. The molecule has 0 bridgehead atoms. The topological polar surface area (TPSA) is 125 Å². The van der Waals surface area contributed by atoms with Gasteiger partial charge in [0.2, 0.25) is 10.0 Å². The first-order valence-corrected chi connectivity index (χ1v) is 8.61. The molecule has 0 spiro atoms. The second kappa shape index (κ2) is 9.46. The summed E-state index contributed by atoms with van der Waals surface area (Å²) < 4.78 is 31.9. The second-order valence-corrected chi connectivity index (χ2v) is 6.50. The van der Waals surface area contributed by atoms with Crippen LogP contribution in [-0.4, -0.2) is 58.0 Å². The van der Waals surface area contributed by atoms with Crippen LogP contribution >= 0.6 is 0 Å². The maximum absolute atomic E-state index is 12.3. The third kappa shape index (κ3) is 6.14. The number of anilines is 1. The molecule has 23 heavy (non-hydrogen) atoms. The molecule has 0 aliphatic carbocycles. The molecule has 0 saturated heterocycles. The van der Waals surface area contributed by atoms with E-state index in [1.54, 1.807) is 7.11 Å². The van der Waals surface area contributed by atoms with Gasteiger partial charge < -0.3 is 20.3 Å². The molecule has 0 heterocycles. The number of carboxylic acid groups (broad SMARTS) is 1. The molecule has 0 atom stereocenters. The molecule has 0 unspecified atom stereocenters. The average molecular weight is 346 g/mol. The molecule has 1 rings (SSSR count). The fraction of sp³-hybridized carbons (Fsp3) is 0.500. The molecule has 0 amide bonds. The molecule has 0 radical (unpaired) electrons. The fourth-order valence-corrected chi connectivity index (χ4v) is 3.11. The standard InChI is InChI=1S/C14H22N2O6S/c1-22-9-3-6-15-12-5-4-11(14(18)19)10-13(12)23(20,21)16-7-2-8-17/h4-5,10,15-17H,2-3,6-9H2,1H3,(H,18,19). The number of methoxy groups -OCH3 is 1. The summed E-state index contributed by atoms with van der Waals surface area (Å²) in [5, 5.41) is 20.7. The van der Waals surface area contributed by atoms with E-state index in [0.29, 0.717) is 25.3 Å². The first kappa shape index (κ1) is 19.4. The van der Waals surface area contributed by atoms with Gasteiger partial charge in [0.15, 0.2) is 0 Å². The molecule has 130 valence electrons. The maximum atomic E-state index is 12.3. The van der Waals surface area contributed by atoms with Crippen molar-refractivity contribution in [2.24, 2.45) is 0 Å². The summed E-state index contributed by atoms with van der Waals surface area (Å²) in [5.74, 6) is -1.21. The number of ether oxygens (including phenoxy) is 1. The molecule has 0 fully saturated rings. The average Bonchev–Trinajstić information content (AvgIpc) is 2.51. The van der Waals surface area contributed by atoms with E-state index in [0.717, 1.165) is 6.07 Å². The number of hydrogen-bond donors (Lipinski definition) is 4. The van der Waals surface area contributed by atoms with Crippen molar-refractivity contribution in [2.75, 3.05) is 38.7 Å². The predicted molar refractivity (Wildman–Crippen MR) is 85.3 cm³/mol. The Kier molecular flexibility index (Phi) is 7.96. The summed E-state index contributed by atoms with van der Waals surface area (Å²) in [6.07, 6.45) is 0.947. The third-order valence-corrected chi connectivity index (χ3v) is 4.49. The molecule has 0 saturated carbocycles. The van der Waals surface area contributed by atoms with Crippen molar-refractivity contribution < 1.29 is 28.2 Å². The molecule has 1 aromatic carbocycles. The van der Waals surface area contributed by atoms with Crippen molar-refractivity contribution >= 4 is 21.7 Å². The summed E-state index contributed by atoms with van der Waals surface area (Å²) >= 11 is 0. The number of rotatable bonds is 11. The van der Waals surface area contributed by atoms with Gasteiger partial charge in [-0.05, 0) is 31.0 Å². The summed E-state index contributed by atoms with van der Waals surface area (Å²) in [6.45, 7) is 0.940. The van der Waals surface area contributed by atoms with Crippen LogP contribution in [0.4, 0.5) is 5.69 Å². The lowest BCUT2D eigenvalue weighted by molar-refractivity contribution is 0.0696. The van der Waals surface area contributed by atoms with Crippen LogP contribution in [0.1, 0.15) is 23.2 Å². The SMILES string of the molecule is COCCCNc1ccc(C(=O)O)cc1S(=O)(=O)NCCCO. The van der Waals surface area contributed by atoms with Crippen molar-refractivity contribution in [3.8, 4) is 0 Å². The third-order valence-electron chi connectivity index (χ3n) is 2.99. The van der Waals surface area contributed by atoms with E-state index >= 15 is 0 Å². The minimum atomic E-state index is -3.88. The van der Waals surface area contributed by atoms with Gasteiger partial charge in [-0.2, -0.15) is 0 Å². The monoisotopic (exact) mass is 346 g/mol. The van der Waals surface area contributed by atoms with E-state index in [4.69, 9.17) is 14.9 Å². The molecule has 9 heteroatoms. The molecule has 0 aliphatic heterocycles. The number of nitrogens with one attached hydrogen (secondary N) is 2. The smallest absolute Gasteiger partial charge is 0.335 e. The van der Waals surface area contributed by atoms with Crippen LogP contribution in [0.2, 0.25) is 0 Å². The van der Waals surface area contributed by atoms with Crippen molar-refractivity contribution in [1.82, 2.24) is 4.72 Å². The zero-order valence-corrected chi connectivity index (χ0v) is 13.7. The van der Waals surface area contributed by atoms with Crippen LogP contribution in [0.3, 0.4) is 0 Å². The first-order chi connectivity index (χ1) is 10.9. The predicted octanol–water partition coefficient (Wildman–Crippen LogP) is 0.494. The summed E-state index contributed by atoms with van der Waals surface area (Å²) in [4.78, 5) is 10.9. The second-order valence-electron chi connectivity index (χ2n) is 4.76. The Bertz CT molecular complexity index is 618. The molecular formula is C14H22N2O6S. The highest BCUT2D eigenvalue weighted by Gasteiger charge is 2.20. The number of aromatic carboxylic acids is 1. The van der Waals surface area contributed by atoms with Crippen LogP contribution in [0, 0.1) is 0 Å². The number of sulfonamides is 1. The summed E-state index contributed by atoms with van der Waals surface area (Å²) in [5.41, 5.74) is 0.206. The van der Waals surface area contributed by atoms with Gasteiger partial charge in [0.05, 0.1) is 11.3 Å². The van der Waals surface area contributed by atoms with Crippen LogP contribution in [0.5, 0.6) is 0 Å². The van der Waals surface area contributed by atoms with E-state index in [-0.39, 0.29) is 30.0 Å². The van der Waals surface area contributed by atoms with E-state index in [1.807, 2.05) is 0 Å². The molecular weight excluding hydrogens is 324 g/mol. The minimum absolute atomic E-state index is 0.0687. The van der Waals surface area contributed by atoms with E-state index < -0.39 is 16.0 Å². The lowest BCUT2D eigenvalue weighted by atomic mass is 10.2. The highest BCUT2D eigenvalue weighted by molar-refractivity contribution is 7.89. The van der Waals surface area contributed by atoms with Gasteiger partial charge in [-0.25, -0.2) is 17.9 Å². The van der Waals surface area contributed by atoms with Crippen molar-refractivity contribution in [3.63, 3.8) is 0 Å². The Morgan fingerprint density at radius 3 is 2.61 bits per heavy atom. The Morgan fingerprint density at radius 2 is 2.00 bits per heavy atom. The van der Waals surface area contributed by atoms with Gasteiger partial charge in [-0.1, -0.05) is 0 Å². The zero-order valence-electron chi connectivity index (χ0n) is 12.9. The number of carbonyl (C=O) groups is 1. The molecule has 1 aromatic rings. The normalized spacial score (nSPS) is 11.4. The van der Waals surface area contributed by atoms with Gasteiger partial charge in [-0.15, -0.1) is 0 Å². The van der Waals surface area contributed by atoms with Gasteiger partial charge in [0, 0.05) is 33.4 Å². The fourth-order valence-electron chi connectivity index (χ4n) is 1.83. The van der Waals surface area contributed by atoms with Crippen molar-refractivity contribution in [3.05, 3.63) is 23.8 Å². The van der Waals surface area contributed by atoms with E-state index in [2.05, 4.69) is 10.0 Å². The van der Waals surface area contributed by atoms with Crippen LogP contribution < -0.4 is 10.0 Å². The van der Waals surface area contributed by atoms with E-state index in [9.17, 15) is 13.2 Å². The Labute approximate surface area is 135 Å². The van der Waals surface area contributed by atoms with Crippen LogP contribution in [0.25, 0.3) is 0 Å². The Balaban J connectivity index is 3.02. The molecule has 4 N–H and O–H groups in total. The van der Waals surface area contributed by atoms with Crippen LogP contribution in [0.15, 0.2) is 23.1 Å². The molecule has 0 aromatic heterocycles. The van der Waals surface area contributed by atoms with Gasteiger partial charge in [0.1, 0.15) is 4.90 Å². The zero-order chi connectivity index (χ0) is 17.3. The largest absolute Gasteiger partial charge is 0.478 e. The van der Waals surface area contributed by atoms with Crippen LogP contribution in [-0.2, 0) is 14.8 Å². The van der Waals surface area contributed by atoms with E-state index in [1.165, 1.54) is 12.1 Å². The van der Waals surface area contributed by atoms with Gasteiger partial charge in [0.25, 0.3) is 0 Å². The highest BCUT2D eigenvalue weighted by atomic mass is 32.2. The Hall–Kier alpha value is -1.68. The number of benzene rings is 1. The quantitative estimate of drug-likeness (QED) is 0.430. The molecule has 8 nitrogen and oxygen atoms in total. The summed E-state index contributed by atoms with van der Waals surface area (Å²) in [6, 6.07) is 3.88. The maximum Gasteiger partial charge on any atom is 0.335 e. The number of aliphatic hydroxyl groups is 1. The van der Waals surface area contributed by atoms with Crippen molar-refractivity contribution in [1.29, 1.82) is 0 Å². The van der Waals surface area contributed by atoms with Gasteiger partial charge in [-0.3, -0.25) is 0 Å². The lowest BCUT2D eigenvalue weighted by Gasteiger charge is -2.14. The highest BCUT2D eigenvalue weighted by Crippen LogP contribution is 2.23. The lowest BCUT2D eigenvalue weighted by Crippen LogP contribution is -2.26. The molecule has 0 aliphatic rings. The first-order valence-electron chi connectivity index (χ1n) is 7.13. The summed E-state index contributed by atoms with van der Waals surface area (Å²) in [7, 11) is -2.31. The number of hydrogen-bond acceptors (Lipinski definition) is 6.